The van der Waals surface area contributed by atoms with Gasteiger partial charge in [0.15, 0.2) is 9.84 Å². The van der Waals surface area contributed by atoms with Gasteiger partial charge in [-0.05, 0) is 60.7 Å². The first kappa shape index (κ1) is 20.9. The Balaban J connectivity index is 1.80. The van der Waals surface area contributed by atoms with Crippen molar-refractivity contribution in [2.24, 2.45) is 4.99 Å². The molecular weight excluding hydrogens is 443 g/mol. The lowest BCUT2D eigenvalue weighted by Gasteiger charge is -2.25. The molecular formula is C22H18Cl2N2O3S. The molecule has 0 saturated heterocycles. The number of nitrogens with zero attached hydrogens (tertiary/aromatic N) is 2. The number of halogens is 2. The van der Waals surface area contributed by atoms with Gasteiger partial charge in [0, 0.05) is 33.1 Å². The summed E-state index contributed by atoms with van der Waals surface area (Å²) >= 11 is 12.2. The van der Waals surface area contributed by atoms with E-state index >= 15 is 0 Å². The molecule has 1 aliphatic heterocycles. The molecule has 0 bridgehead atoms. The third-order valence-corrected chi connectivity index (χ3v) is 6.51. The molecule has 3 aromatic rings. The van der Waals surface area contributed by atoms with Crippen LogP contribution in [0.5, 0.6) is 0 Å². The van der Waals surface area contributed by atoms with Crippen LogP contribution in [0.3, 0.4) is 0 Å². The summed E-state index contributed by atoms with van der Waals surface area (Å²) in [5.41, 5.74) is 0.519. The monoisotopic (exact) mass is 460 g/mol. The van der Waals surface area contributed by atoms with Crippen LogP contribution >= 0.6 is 23.2 Å². The van der Waals surface area contributed by atoms with Gasteiger partial charge in [-0.15, -0.1) is 0 Å². The van der Waals surface area contributed by atoms with Gasteiger partial charge in [-0.2, -0.15) is 0 Å². The number of anilines is 1. The van der Waals surface area contributed by atoms with Crippen LogP contribution in [-0.4, -0.2) is 32.2 Å². The van der Waals surface area contributed by atoms with Gasteiger partial charge >= 0.3 is 0 Å². The normalized spacial score (nSPS) is 19.1. The molecule has 30 heavy (non-hydrogen) atoms. The summed E-state index contributed by atoms with van der Waals surface area (Å²) in [5.74, 6) is 0.543. The Morgan fingerprint density at radius 1 is 0.967 bits per heavy atom. The van der Waals surface area contributed by atoms with E-state index in [2.05, 4.69) is 4.99 Å². The van der Waals surface area contributed by atoms with Gasteiger partial charge in [-0.3, -0.25) is 0 Å². The van der Waals surface area contributed by atoms with Gasteiger partial charge in [0.2, 0.25) is 5.72 Å². The molecule has 154 valence electrons. The zero-order valence-corrected chi connectivity index (χ0v) is 18.3. The zero-order valence-electron chi connectivity index (χ0n) is 16.0. The molecule has 0 aliphatic carbocycles. The van der Waals surface area contributed by atoms with Gasteiger partial charge < -0.3 is 10.0 Å². The average Bonchev–Trinajstić information content (AvgIpc) is 3.07. The van der Waals surface area contributed by atoms with E-state index in [0.717, 1.165) is 11.8 Å². The fourth-order valence-corrected chi connectivity index (χ4v) is 4.31. The van der Waals surface area contributed by atoms with Gasteiger partial charge in [0.1, 0.15) is 5.84 Å². The second-order valence-electron chi connectivity index (χ2n) is 7.12. The van der Waals surface area contributed by atoms with Crippen LogP contribution in [0, 0.1) is 0 Å². The molecule has 1 unspecified atom stereocenters. The molecule has 1 N–H and O–H groups in total. The van der Waals surface area contributed by atoms with Crippen molar-refractivity contribution in [3.63, 3.8) is 0 Å². The summed E-state index contributed by atoms with van der Waals surface area (Å²) < 4.78 is 23.6. The fourth-order valence-electron chi connectivity index (χ4n) is 3.37. The van der Waals surface area contributed by atoms with E-state index in [-0.39, 0.29) is 11.4 Å². The minimum atomic E-state index is -3.31. The second kappa shape index (κ2) is 7.71. The number of rotatable bonds is 4. The first-order chi connectivity index (χ1) is 14.2. The van der Waals surface area contributed by atoms with Crippen LogP contribution in [0.2, 0.25) is 10.0 Å². The maximum atomic E-state index is 11.8. The first-order valence-electron chi connectivity index (χ1n) is 9.08. The number of hydrogen-bond acceptors (Lipinski definition) is 5. The maximum absolute atomic E-state index is 11.8. The smallest absolute Gasteiger partial charge is 0.202 e. The Morgan fingerprint density at radius 2 is 1.63 bits per heavy atom. The molecule has 5 nitrogen and oxygen atoms in total. The van der Waals surface area contributed by atoms with Gasteiger partial charge in [0.25, 0.3) is 0 Å². The Bertz CT molecular complexity index is 1230. The summed E-state index contributed by atoms with van der Waals surface area (Å²) in [5, 5.41) is 12.5. The third kappa shape index (κ3) is 4.09. The van der Waals surface area contributed by atoms with Crippen LogP contribution in [0.4, 0.5) is 5.69 Å². The SMILES string of the molecule is CS(=O)(=O)c1ccc(N2CC(O)(c3cccc(Cl)c3)N=C2c2ccc(Cl)cc2)cc1. The largest absolute Gasteiger partial charge is 0.364 e. The summed E-state index contributed by atoms with van der Waals surface area (Å²) in [6.45, 7) is 0.142. The molecule has 0 amide bonds. The Kier molecular flexibility index (Phi) is 5.36. The molecule has 0 spiro atoms. The Hall–Kier alpha value is -2.38. The number of aliphatic imine (C=N–C) groups is 1. The van der Waals surface area contributed by atoms with Crippen LogP contribution in [0.15, 0.2) is 82.7 Å². The van der Waals surface area contributed by atoms with Gasteiger partial charge in [-0.25, -0.2) is 13.4 Å². The molecule has 4 rings (SSSR count). The van der Waals surface area contributed by atoms with Crippen molar-refractivity contribution in [3.8, 4) is 0 Å². The average molecular weight is 461 g/mol. The molecule has 1 atom stereocenters. The first-order valence-corrected chi connectivity index (χ1v) is 11.7. The lowest BCUT2D eigenvalue weighted by atomic mass is 10.0. The van der Waals surface area contributed by atoms with Crippen molar-refractivity contribution in [3.05, 3.63) is 94.0 Å². The minimum absolute atomic E-state index is 0.142. The van der Waals surface area contributed by atoms with Crippen molar-refractivity contribution in [1.82, 2.24) is 0 Å². The topological polar surface area (TPSA) is 70.0 Å². The van der Waals surface area contributed by atoms with E-state index < -0.39 is 15.6 Å². The zero-order chi connectivity index (χ0) is 21.5. The quantitative estimate of drug-likeness (QED) is 0.621. The maximum Gasteiger partial charge on any atom is 0.202 e. The van der Waals surface area contributed by atoms with Gasteiger partial charge in [-0.1, -0.05) is 35.3 Å². The number of sulfone groups is 1. The number of β-amino-alcohol motifs (C(OH)–C–C–N with tert-alkyl or cyclic N) is 1. The summed E-state index contributed by atoms with van der Waals surface area (Å²) in [7, 11) is -3.31. The van der Waals surface area contributed by atoms with E-state index in [1.54, 1.807) is 60.7 Å². The van der Waals surface area contributed by atoms with Crippen molar-refractivity contribution in [2.45, 2.75) is 10.6 Å². The molecule has 3 aromatic carbocycles. The lowest BCUT2D eigenvalue weighted by Crippen LogP contribution is -2.34. The Labute approximate surface area is 185 Å². The third-order valence-electron chi connectivity index (χ3n) is 4.89. The summed E-state index contributed by atoms with van der Waals surface area (Å²) in [6, 6.07) is 20.6. The van der Waals surface area contributed by atoms with E-state index in [9.17, 15) is 13.5 Å². The van der Waals surface area contributed by atoms with E-state index in [0.29, 0.717) is 27.1 Å². The van der Waals surface area contributed by atoms with Crippen LogP contribution in [0.1, 0.15) is 11.1 Å². The summed E-state index contributed by atoms with van der Waals surface area (Å²) in [4.78, 5) is 6.70. The van der Waals surface area contributed by atoms with Crippen molar-refractivity contribution >= 4 is 44.6 Å². The molecule has 0 saturated carbocycles. The van der Waals surface area contributed by atoms with Crippen molar-refractivity contribution in [1.29, 1.82) is 0 Å². The van der Waals surface area contributed by atoms with Crippen LogP contribution in [-0.2, 0) is 15.6 Å². The van der Waals surface area contributed by atoms with Crippen LogP contribution < -0.4 is 4.90 Å². The molecule has 1 heterocycles. The number of benzene rings is 3. The summed E-state index contributed by atoms with van der Waals surface area (Å²) in [6.07, 6.45) is 1.16. The highest BCUT2D eigenvalue weighted by atomic mass is 35.5. The highest BCUT2D eigenvalue weighted by Crippen LogP contribution is 2.36. The number of amidine groups is 1. The van der Waals surface area contributed by atoms with Crippen molar-refractivity contribution < 1.29 is 13.5 Å². The predicted molar refractivity (Wildman–Crippen MR) is 120 cm³/mol. The van der Waals surface area contributed by atoms with Crippen LogP contribution in [0.25, 0.3) is 0 Å². The number of aliphatic hydroxyl groups is 1. The molecule has 0 fully saturated rings. The molecule has 0 aromatic heterocycles. The highest BCUT2D eigenvalue weighted by Gasteiger charge is 2.40. The molecule has 0 radical (unpaired) electrons. The minimum Gasteiger partial charge on any atom is -0.364 e. The Morgan fingerprint density at radius 3 is 2.23 bits per heavy atom. The highest BCUT2D eigenvalue weighted by molar-refractivity contribution is 7.90. The standard InChI is InChI=1S/C22H18Cl2N2O3S/c1-30(28,29)20-11-9-19(10-12-20)26-14-22(27,16-3-2-4-18(24)13-16)25-21(26)15-5-7-17(23)8-6-15/h2-13,27H,14H2,1H3. The van der Waals surface area contributed by atoms with E-state index in [1.807, 2.05) is 17.0 Å². The molecule has 1 aliphatic rings. The fraction of sp³-hybridized carbons (Fsp3) is 0.136. The number of hydrogen-bond donors (Lipinski definition) is 1. The van der Waals surface area contributed by atoms with E-state index in [1.165, 1.54) is 0 Å². The molecule has 8 heteroatoms. The lowest BCUT2D eigenvalue weighted by molar-refractivity contribution is 0.0648. The van der Waals surface area contributed by atoms with Gasteiger partial charge in [0.05, 0.1) is 11.4 Å². The predicted octanol–water partition coefficient (Wildman–Crippen LogP) is 4.51. The second-order valence-corrected chi connectivity index (χ2v) is 10.0. The van der Waals surface area contributed by atoms with Crippen molar-refractivity contribution in [2.75, 3.05) is 17.7 Å². The van der Waals surface area contributed by atoms with E-state index in [4.69, 9.17) is 23.2 Å².